The molecule has 1 atom stereocenters. The third-order valence-corrected chi connectivity index (χ3v) is 6.02. The van der Waals surface area contributed by atoms with Crippen LogP contribution in [-0.2, 0) is 16.1 Å². The van der Waals surface area contributed by atoms with Crippen LogP contribution < -0.4 is 0 Å². The number of ether oxygens (including phenoxy) is 1. The third-order valence-electron chi connectivity index (χ3n) is 4.91. The largest absolute Gasteiger partial charge is 0.464 e. The fourth-order valence-corrected chi connectivity index (χ4v) is 4.58. The van der Waals surface area contributed by atoms with Gasteiger partial charge in [0.2, 0.25) is 0 Å². The van der Waals surface area contributed by atoms with Crippen molar-refractivity contribution < 1.29 is 13.9 Å². The van der Waals surface area contributed by atoms with E-state index in [2.05, 4.69) is 21.9 Å². The second-order valence-corrected chi connectivity index (χ2v) is 7.73. The molecule has 2 fully saturated rings. The van der Waals surface area contributed by atoms with Gasteiger partial charge in [0, 0.05) is 48.9 Å². The van der Waals surface area contributed by atoms with Gasteiger partial charge in [-0.05, 0) is 29.8 Å². The van der Waals surface area contributed by atoms with Crippen LogP contribution in [0.5, 0.6) is 0 Å². The van der Waals surface area contributed by atoms with E-state index in [1.807, 2.05) is 6.07 Å². The Morgan fingerprint density at radius 3 is 2.72 bits per heavy atom. The van der Waals surface area contributed by atoms with E-state index >= 15 is 0 Å². The fraction of sp³-hybridized carbons (Fsp3) is 0.421. The number of cyclic esters (lactones) is 1. The lowest BCUT2D eigenvalue weighted by Gasteiger charge is -2.36. The number of halogens is 1. The highest BCUT2D eigenvalue weighted by molar-refractivity contribution is 7.15. The number of thiophene rings is 1. The summed E-state index contributed by atoms with van der Waals surface area (Å²) in [6.45, 7) is 5.18. The van der Waals surface area contributed by atoms with Crippen LogP contribution in [0.4, 0.5) is 4.39 Å². The first-order valence-corrected chi connectivity index (χ1v) is 9.48. The van der Waals surface area contributed by atoms with Crippen molar-refractivity contribution in [3.63, 3.8) is 0 Å². The van der Waals surface area contributed by atoms with Gasteiger partial charge in [-0.15, -0.1) is 11.3 Å². The maximum absolute atomic E-state index is 13.4. The fourth-order valence-electron chi connectivity index (χ4n) is 3.53. The lowest BCUT2D eigenvalue weighted by molar-refractivity contribution is -0.142. The Morgan fingerprint density at radius 1 is 1.16 bits per heavy atom. The molecule has 6 heteroatoms. The van der Waals surface area contributed by atoms with Crippen LogP contribution in [0.15, 0.2) is 36.4 Å². The van der Waals surface area contributed by atoms with Crippen LogP contribution in [0, 0.1) is 5.82 Å². The topological polar surface area (TPSA) is 32.8 Å². The molecule has 4 nitrogen and oxygen atoms in total. The molecule has 4 rings (SSSR count). The summed E-state index contributed by atoms with van der Waals surface area (Å²) in [5, 5.41) is 0. The number of hydrogen-bond donors (Lipinski definition) is 0. The SMILES string of the molecule is O=C1OCC[C@@H]1N1CCN(Cc2ccc(-c3cccc(F)c3)s2)CC1. The Balaban J connectivity index is 1.34. The first-order chi connectivity index (χ1) is 12.2. The standard InChI is InChI=1S/C19H21FN2O2S/c20-15-3-1-2-14(12-15)18-5-4-16(25-18)13-21-7-9-22(10-8-21)17-6-11-24-19(17)23/h1-5,12,17H,6-11,13H2/t17-/m0/s1. The summed E-state index contributed by atoms with van der Waals surface area (Å²) < 4.78 is 18.5. The van der Waals surface area contributed by atoms with Crippen molar-refractivity contribution in [2.24, 2.45) is 0 Å². The van der Waals surface area contributed by atoms with E-state index in [9.17, 15) is 9.18 Å². The molecule has 0 radical (unpaired) electrons. The Morgan fingerprint density at radius 2 is 2.00 bits per heavy atom. The number of carbonyl (C=O) groups excluding carboxylic acids is 1. The first kappa shape index (κ1) is 16.7. The molecule has 1 aromatic heterocycles. The maximum Gasteiger partial charge on any atom is 0.323 e. The van der Waals surface area contributed by atoms with E-state index in [4.69, 9.17) is 4.74 Å². The van der Waals surface area contributed by atoms with Gasteiger partial charge in [-0.3, -0.25) is 14.6 Å². The van der Waals surface area contributed by atoms with Crippen LogP contribution in [-0.4, -0.2) is 54.6 Å². The van der Waals surface area contributed by atoms with E-state index in [0.29, 0.717) is 6.61 Å². The summed E-state index contributed by atoms with van der Waals surface area (Å²) in [6.07, 6.45) is 0.820. The van der Waals surface area contributed by atoms with Gasteiger partial charge in [0.05, 0.1) is 6.61 Å². The molecule has 2 aromatic rings. The zero-order valence-corrected chi connectivity index (χ0v) is 14.8. The van der Waals surface area contributed by atoms with Gasteiger partial charge < -0.3 is 4.74 Å². The summed E-state index contributed by atoms with van der Waals surface area (Å²) in [5.74, 6) is -0.263. The number of rotatable bonds is 4. The summed E-state index contributed by atoms with van der Waals surface area (Å²) >= 11 is 1.72. The third kappa shape index (κ3) is 3.76. The molecule has 0 saturated carbocycles. The van der Waals surface area contributed by atoms with Gasteiger partial charge in [0.1, 0.15) is 11.9 Å². The normalized spacial score (nSPS) is 22.3. The predicted octanol–water partition coefficient (Wildman–Crippen LogP) is 2.99. The highest BCUT2D eigenvalue weighted by atomic mass is 32.1. The highest BCUT2D eigenvalue weighted by Crippen LogP contribution is 2.29. The molecule has 2 aliphatic heterocycles. The van der Waals surface area contributed by atoms with Crippen molar-refractivity contribution in [1.82, 2.24) is 9.80 Å². The molecule has 25 heavy (non-hydrogen) atoms. The number of carbonyl (C=O) groups is 1. The minimum atomic E-state index is -0.200. The lowest BCUT2D eigenvalue weighted by Crippen LogP contribution is -2.51. The van der Waals surface area contributed by atoms with Crippen LogP contribution in [0.1, 0.15) is 11.3 Å². The van der Waals surface area contributed by atoms with E-state index in [0.717, 1.165) is 49.6 Å². The average Bonchev–Trinajstić information content (AvgIpc) is 3.25. The lowest BCUT2D eigenvalue weighted by atomic mass is 10.2. The van der Waals surface area contributed by atoms with E-state index in [-0.39, 0.29) is 17.8 Å². The molecular formula is C19H21FN2O2S. The first-order valence-electron chi connectivity index (χ1n) is 8.67. The molecule has 1 aromatic carbocycles. The van der Waals surface area contributed by atoms with Crippen LogP contribution in [0.25, 0.3) is 10.4 Å². The number of hydrogen-bond acceptors (Lipinski definition) is 5. The van der Waals surface area contributed by atoms with Crippen LogP contribution in [0.2, 0.25) is 0 Å². The molecule has 3 heterocycles. The van der Waals surface area contributed by atoms with Crippen molar-refractivity contribution in [1.29, 1.82) is 0 Å². The van der Waals surface area contributed by atoms with Gasteiger partial charge >= 0.3 is 5.97 Å². The van der Waals surface area contributed by atoms with E-state index in [1.165, 1.54) is 10.9 Å². The molecule has 2 saturated heterocycles. The number of benzene rings is 1. The summed E-state index contributed by atoms with van der Waals surface area (Å²) in [4.78, 5) is 18.8. The van der Waals surface area contributed by atoms with Gasteiger partial charge in [-0.25, -0.2) is 4.39 Å². The second kappa shape index (κ2) is 7.23. The minimum Gasteiger partial charge on any atom is -0.464 e. The smallest absolute Gasteiger partial charge is 0.323 e. The molecule has 0 spiro atoms. The summed E-state index contributed by atoms with van der Waals surface area (Å²) in [7, 11) is 0. The number of piperazine rings is 1. The highest BCUT2D eigenvalue weighted by Gasteiger charge is 2.33. The Hall–Kier alpha value is -1.76. The van der Waals surface area contributed by atoms with Gasteiger partial charge in [-0.2, -0.15) is 0 Å². The summed E-state index contributed by atoms with van der Waals surface area (Å²) in [5.41, 5.74) is 0.931. The Labute approximate surface area is 150 Å². The molecule has 0 unspecified atom stereocenters. The van der Waals surface area contributed by atoms with Crippen LogP contribution in [0.3, 0.4) is 0 Å². The number of esters is 1. The van der Waals surface area contributed by atoms with Gasteiger partial charge in [0.15, 0.2) is 0 Å². The molecule has 0 N–H and O–H groups in total. The van der Waals surface area contributed by atoms with Crippen molar-refractivity contribution >= 4 is 17.3 Å². The van der Waals surface area contributed by atoms with Crippen molar-refractivity contribution in [3.8, 4) is 10.4 Å². The maximum atomic E-state index is 13.4. The Kier molecular flexibility index (Phi) is 4.83. The van der Waals surface area contributed by atoms with Crippen molar-refractivity contribution in [3.05, 3.63) is 47.1 Å². The van der Waals surface area contributed by atoms with E-state index in [1.54, 1.807) is 23.5 Å². The number of nitrogens with zero attached hydrogens (tertiary/aromatic N) is 2. The molecular weight excluding hydrogens is 339 g/mol. The van der Waals surface area contributed by atoms with E-state index < -0.39 is 0 Å². The predicted molar refractivity (Wildman–Crippen MR) is 95.9 cm³/mol. The quantitative estimate of drug-likeness (QED) is 0.785. The molecule has 132 valence electrons. The second-order valence-electron chi connectivity index (χ2n) is 6.56. The van der Waals surface area contributed by atoms with Crippen molar-refractivity contribution in [2.75, 3.05) is 32.8 Å². The minimum absolute atomic E-state index is 0.0385. The van der Waals surface area contributed by atoms with Gasteiger partial charge in [-0.1, -0.05) is 12.1 Å². The zero-order chi connectivity index (χ0) is 17.2. The molecule has 0 aliphatic carbocycles. The average molecular weight is 360 g/mol. The van der Waals surface area contributed by atoms with Gasteiger partial charge in [0.25, 0.3) is 0 Å². The van der Waals surface area contributed by atoms with Crippen molar-refractivity contribution in [2.45, 2.75) is 19.0 Å². The Bertz CT molecular complexity index is 755. The summed E-state index contributed by atoms with van der Waals surface area (Å²) in [6, 6.07) is 10.9. The monoisotopic (exact) mass is 360 g/mol. The molecule has 2 aliphatic rings. The van der Waals surface area contributed by atoms with Crippen LogP contribution >= 0.6 is 11.3 Å². The molecule has 0 bridgehead atoms. The zero-order valence-electron chi connectivity index (χ0n) is 14.0. The molecule has 0 amide bonds.